The van der Waals surface area contributed by atoms with Crippen LogP contribution in [0.1, 0.15) is 23.2 Å². The van der Waals surface area contributed by atoms with Gasteiger partial charge in [-0.05, 0) is 24.3 Å². The molecule has 1 aromatic heterocycles. The minimum absolute atomic E-state index is 0.263. The predicted octanol–water partition coefficient (Wildman–Crippen LogP) is 2.69. The number of pyridine rings is 1. The standard InChI is InChI=1S/C21H25N3O5/c1-26-16-4-5-18(27-2)17(13-16)23-20(25)15-3-6-19(22-14-15)24-9-7-21(8-10-24)28-11-12-29-21/h3-6,13-14H,7-12H2,1-2H3,(H,23,25). The lowest BCUT2D eigenvalue weighted by Crippen LogP contribution is -2.45. The maximum absolute atomic E-state index is 12.6. The second kappa shape index (κ2) is 8.26. The van der Waals surface area contributed by atoms with Gasteiger partial charge in [-0.25, -0.2) is 4.98 Å². The first-order valence-electron chi connectivity index (χ1n) is 9.65. The number of amides is 1. The summed E-state index contributed by atoms with van der Waals surface area (Å²) in [7, 11) is 3.13. The van der Waals surface area contributed by atoms with Gasteiger partial charge in [0.25, 0.3) is 5.91 Å². The summed E-state index contributed by atoms with van der Waals surface area (Å²) in [5.74, 6) is 1.36. The third-order valence-electron chi connectivity index (χ3n) is 5.33. The summed E-state index contributed by atoms with van der Waals surface area (Å²) < 4.78 is 22.1. The molecular formula is C21H25N3O5. The summed E-state index contributed by atoms with van der Waals surface area (Å²) >= 11 is 0. The van der Waals surface area contributed by atoms with Gasteiger partial charge < -0.3 is 29.2 Å². The molecule has 0 atom stereocenters. The van der Waals surface area contributed by atoms with E-state index in [-0.39, 0.29) is 5.91 Å². The van der Waals surface area contributed by atoms with E-state index in [4.69, 9.17) is 18.9 Å². The van der Waals surface area contributed by atoms with E-state index in [9.17, 15) is 4.79 Å². The van der Waals surface area contributed by atoms with Crippen LogP contribution in [-0.4, -0.2) is 57.2 Å². The average molecular weight is 399 g/mol. The van der Waals surface area contributed by atoms with E-state index in [1.165, 1.54) is 0 Å². The molecule has 29 heavy (non-hydrogen) atoms. The molecule has 1 N–H and O–H groups in total. The van der Waals surface area contributed by atoms with E-state index in [0.29, 0.717) is 36.0 Å². The van der Waals surface area contributed by atoms with Gasteiger partial charge in [-0.1, -0.05) is 0 Å². The minimum Gasteiger partial charge on any atom is -0.497 e. The summed E-state index contributed by atoms with van der Waals surface area (Å²) in [6, 6.07) is 8.88. The maximum atomic E-state index is 12.6. The molecule has 4 rings (SSSR count). The Bertz CT molecular complexity index is 855. The minimum atomic E-state index is -0.411. The van der Waals surface area contributed by atoms with Crippen LogP contribution in [0.5, 0.6) is 11.5 Å². The largest absolute Gasteiger partial charge is 0.497 e. The van der Waals surface area contributed by atoms with Crippen molar-refractivity contribution in [1.82, 2.24) is 4.98 Å². The second-order valence-corrected chi connectivity index (χ2v) is 7.02. The van der Waals surface area contributed by atoms with E-state index in [2.05, 4.69) is 15.2 Å². The normalized spacial score (nSPS) is 17.9. The summed E-state index contributed by atoms with van der Waals surface area (Å²) in [5.41, 5.74) is 1.01. The molecule has 2 aromatic rings. The SMILES string of the molecule is COc1ccc(OC)c(NC(=O)c2ccc(N3CCC4(CC3)OCCO4)nc2)c1. The fourth-order valence-corrected chi connectivity index (χ4v) is 3.68. The zero-order valence-corrected chi connectivity index (χ0v) is 16.6. The van der Waals surface area contributed by atoms with E-state index in [1.807, 2.05) is 6.07 Å². The lowest BCUT2D eigenvalue weighted by atomic mass is 10.0. The molecule has 154 valence electrons. The molecule has 2 fully saturated rings. The number of ether oxygens (including phenoxy) is 4. The van der Waals surface area contributed by atoms with Crippen molar-refractivity contribution in [1.29, 1.82) is 0 Å². The zero-order valence-electron chi connectivity index (χ0n) is 16.6. The smallest absolute Gasteiger partial charge is 0.257 e. The molecular weight excluding hydrogens is 374 g/mol. The molecule has 0 saturated carbocycles. The van der Waals surface area contributed by atoms with E-state index in [1.54, 1.807) is 44.7 Å². The van der Waals surface area contributed by atoms with E-state index < -0.39 is 5.79 Å². The van der Waals surface area contributed by atoms with Gasteiger partial charge >= 0.3 is 0 Å². The third-order valence-corrected chi connectivity index (χ3v) is 5.33. The van der Waals surface area contributed by atoms with Crippen molar-refractivity contribution in [2.24, 2.45) is 0 Å². The van der Waals surface area contributed by atoms with Gasteiger partial charge in [-0.15, -0.1) is 0 Å². The Morgan fingerprint density at radius 3 is 2.48 bits per heavy atom. The molecule has 2 saturated heterocycles. The molecule has 2 aliphatic heterocycles. The van der Waals surface area contributed by atoms with Gasteiger partial charge in [-0.2, -0.15) is 0 Å². The highest BCUT2D eigenvalue weighted by molar-refractivity contribution is 6.05. The first-order chi connectivity index (χ1) is 14.1. The predicted molar refractivity (Wildman–Crippen MR) is 108 cm³/mol. The Balaban J connectivity index is 1.41. The van der Waals surface area contributed by atoms with Crippen molar-refractivity contribution in [2.45, 2.75) is 18.6 Å². The van der Waals surface area contributed by atoms with Crippen molar-refractivity contribution in [3.05, 3.63) is 42.1 Å². The Labute approximate surface area is 169 Å². The number of hydrogen-bond acceptors (Lipinski definition) is 7. The Morgan fingerprint density at radius 2 is 1.86 bits per heavy atom. The van der Waals surface area contributed by atoms with Crippen molar-refractivity contribution in [2.75, 3.05) is 50.7 Å². The molecule has 0 unspecified atom stereocenters. The molecule has 0 bridgehead atoms. The molecule has 0 radical (unpaired) electrons. The number of benzene rings is 1. The van der Waals surface area contributed by atoms with Crippen molar-refractivity contribution in [3.63, 3.8) is 0 Å². The number of nitrogens with zero attached hydrogens (tertiary/aromatic N) is 2. The number of carbonyl (C=O) groups excluding carboxylic acids is 1. The first-order valence-corrected chi connectivity index (χ1v) is 9.65. The number of carbonyl (C=O) groups is 1. The number of aromatic nitrogens is 1. The summed E-state index contributed by atoms with van der Waals surface area (Å²) in [6.07, 6.45) is 3.21. The number of methoxy groups -OCH3 is 2. The zero-order chi connectivity index (χ0) is 20.3. The Morgan fingerprint density at radius 1 is 1.10 bits per heavy atom. The highest BCUT2D eigenvalue weighted by atomic mass is 16.7. The van der Waals surface area contributed by atoms with Crippen molar-refractivity contribution < 1.29 is 23.7 Å². The molecule has 8 nitrogen and oxygen atoms in total. The number of rotatable bonds is 5. The van der Waals surface area contributed by atoms with Gasteiger partial charge in [0, 0.05) is 38.2 Å². The van der Waals surface area contributed by atoms with Crippen LogP contribution < -0.4 is 19.7 Å². The number of piperidine rings is 1. The number of nitrogens with one attached hydrogen (secondary N) is 1. The van der Waals surface area contributed by atoms with Crippen LogP contribution >= 0.6 is 0 Å². The first kappa shape index (κ1) is 19.5. The maximum Gasteiger partial charge on any atom is 0.257 e. The van der Waals surface area contributed by atoms with Gasteiger partial charge in [-0.3, -0.25) is 4.79 Å². The molecule has 3 heterocycles. The molecule has 0 aliphatic carbocycles. The van der Waals surface area contributed by atoms with Gasteiger partial charge in [0.15, 0.2) is 5.79 Å². The van der Waals surface area contributed by atoms with Crippen LogP contribution in [0.25, 0.3) is 0 Å². The topological polar surface area (TPSA) is 82.2 Å². The van der Waals surface area contributed by atoms with E-state index >= 15 is 0 Å². The second-order valence-electron chi connectivity index (χ2n) is 7.02. The third kappa shape index (κ3) is 4.13. The highest BCUT2D eigenvalue weighted by Crippen LogP contribution is 2.33. The van der Waals surface area contributed by atoms with Gasteiger partial charge in [0.05, 0.1) is 38.7 Å². The van der Waals surface area contributed by atoms with Gasteiger partial charge in [0.2, 0.25) is 0 Å². The molecule has 1 aromatic carbocycles. The summed E-state index contributed by atoms with van der Waals surface area (Å²) in [6.45, 7) is 2.94. The number of hydrogen-bond donors (Lipinski definition) is 1. The molecule has 1 amide bonds. The Hall–Kier alpha value is -2.84. The lowest BCUT2D eigenvalue weighted by Gasteiger charge is -2.38. The van der Waals surface area contributed by atoms with Crippen LogP contribution in [0.15, 0.2) is 36.5 Å². The average Bonchev–Trinajstić information content (AvgIpc) is 3.22. The van der Waals surface area contributed by atoms with Crippen molar-refractivity contribution >= 4 is 17.4 Å². The Kier molecular flexibility index (Phi) is 5.55. The van der Waals surface area contributed by atoms with E-state index in [0.717, 1.165) is 31.7 Å². The molecule has 2 aliphatic rings. The monoisotopic (exact) mass is 399 g/mol. The number of anilines is 2. The molecule has 1 spiro atoms. The molecule has 8 heteroatoms. The van der Waals surface area contributed by atoms with Crippen LogP contribution in [-0.2, 0) is 9.47 Å². The van der Waals surface area contributed by atoms with Gasteiger partial charge in [0.1, 0.15) is 17.3 Å². The summed E-state index contributed by atoms with van der Waals surface area (Å²) in [4.78, 5) is 19.3. The lowest BCUT2D eigenvalue weighted by molar-refractivity contribution is -0.169. The fourth-order valence-electron chi connectivity index (χ4n) is 3.68. The van der Waals surface area contributed by atoms with Crippen LogP contribution in [0.4, 0.5) is 11.5 Å². The summed E-state index contributed by atoms with van der Waals surface area (Å²) in [5, 5.41) is 2.85. The van der Waals surface area contributed by atoms with Crippen molar-refractivity contribution in [3.8, 4) is 11.5 Å². The van der Waals surface area contributed by atoms with Crippen LogP contribution in [0.3, 0.4) is 0 Å². The van der Waals surface area contributed by atoms with Crippen LogP contribution in [0.2, 0.25) is 0 Å². The highest BCUT2D eigenvalue weighted by Gasteiger charge is 2.40. The van der Waals surface area contributed by atoms with Crippen LogP contribution in [0, 0.1) is 0 Å². The fraction of sp³-hybridized carbons (Fsp3) is 0.429. The quantitative estimate of drug-likeness (QED) is 0.828.